The van der Waals surface area contributed by atoms with Crippen LogP contribution in [0, 0.1) is 0 Å². The zero-order valence-electron chi connectivity index (χ0n) is 25.3. The standard InChI is InChI=1S/C43H27N3O/c1-3-10-28(11-4-1)35-24-25-38-37(27-35)40-36(16-9-17-39(40)47-38)43-45-41(31-13-5-2-6-14-31)44-42(46-43)32-21-18-30(19-22-32)34-23-20-29-12-7-8-15-33(29)26-34/h1-27H. The number of benzene rings is 7. The molecule has 4 heteroatoms. The summed E-state index contributed by atoms with van der Waals surface area (Å²) in [5.74, 6) is 1.85. The van der Waals surface area contributed by atoms with Crippen molar-refractivity contribution < 1.29 is 4.42 Å². The lowest BCUT2D eigenvalue weighted by Crippen LogP contribution is -2.00. The topological polar surface area (TPSA) is 51.8 Å². The fraction of sp³-hybridized carbons (Fsp3) is 0. The Morgan fingerprint density at radius 2 is 0.894 bits per heavy atom. The normalized spacial score (nSPS) is 11.4. The highest BCUT2D eigenvalue weighted by atomic mass is 16.3. The molecule has 0 saturated carbocycles. The first-order chi connectivity index (χ1) is 23.3. The summed E-state index contributed by atoms with van der Waals surface area (Å²) in [6, 6.07) is 56.4. The lowest BCUT2D eigenvalue weighted by atomic mass is 10.00. The Balaban J connectivity index is 1.19. The highest BCUT2D eigenvalue weighted by Crippen LogP contribution is 2.38. The van der Waals surface area contributed by atoms with Gasteiger partial charge in [-0.3, -0.25) is 0 Å². The second-order valence-corrected chi connectivity index (χ2v) is 11.7. The minimum Gasteiger partial charge on any atom is -0.456 e. The van der Waals surface area contributed by atoms with E-state index in [1.807, 2.05) is 54.6 Å². The van der Waals surface area contributed by atoms with Crippen molar-refractivity contribution in [3.63, 3.8) is 0 Å². The monoisotopic (exact) mass is 601 g/mol. The molecular weight excluding hydrogens is 574 g/mol. The zero-order chi connectivity index (χ0) is 31.2. The molecule has 0 radical (unpaired) electrons. The highest BCUT2D eigenvalue weighted by Gasteiger charge is 2.18. The van der Waals surface area contributed by atoms with E-state index in [1.165, 1.54) is 16.3 Å². The summed E-state index contributed by atoms with van der Waals surface area (Å²) in [7, 11) is 0. The molecule has 9 aromatic rings. The molecule has 0 spiro atoms. The van der Waals surface area contributed by atoms with E-state index in [4.69, 9.17) is 19.4 Å². The van der Waals surface area contributed by atoms with Crippen molar-refractivity contribution in [1.29, 1.82) is 0 Å². The molecular formula is C43H27N3O. The molecule has 0 N–H and O–H groups in total. The van der Waals surface area contributed by atoms with Gasteiger partial charge in [0.05, 0.1) is 0 Å². The van der Waals surface area contributed by atoms with Gasteiger partial charge in [-0.2, -0.15) is 0 Å². The van der Waals surface area contributed by atoms with Crippen molar-refractivity contribution in [3.05, 3.63) is 164 Å². The smallest absolute Gasteiger partial charge is 0.164 e. The molecule has 0 saturated heterocycles. The quantitative estimate of drug-likeness (QED) is 0.197. The number of hydrogen-bond donors (Lipinski definition) is 0. The molecule has 2 heterocycles. The van der Waals surface area contributed by atoms with Crippen LogP contribution in [0.15, 0.2) is 168 Å². The molecule has 47 heavy (non-hydrogen) atoms. The van der Waals surface area contributed by atoms with Crippen LogP contribution in [0.25, 0.3) is 89.1 Å². The Hall–Kier alpha value is -6.39. The summed E-state index contributed by atoms with van der Waals surface area (Å²) >= 11 is 0. The Morgan fingerprint density at radius 1 is 0.340 bits per heavy atom. The summed E-state index contributed by atoms with van der Waals surface area (Å²) in [6.45, 7) is 0. The molecule has 4 nitrogen and oxygen atoms in total. The highest BCUT2D eigenvalue weighted by molar-refractivity contribution is 6.12. The maximum absolute atomic E-state index is 6.35. The number of fused-ring (bicyclic) bond motifs is 4. The predicted octanol–water partition coefficient (Wildman–Crippen LogP) is 11.3. The molecule has 0 amide bonds. The van der Waals surface area contributed by atoms with Gasteiger partial charge in [0.1, 0.15) is 11.2 Å². The van der Waals surface area contributed by atoms with Crippen molar-refractivity contribution >= 4 is 32.7 Å². The van der Waals surface area contributed by atoms with Gasteiger partial charge in [-0.25, -0.2) is 15.0 Å². The van der Waals surface area contributed by atoms with Gasteiger partial charge >= 0.3 is 0 Å². The van der Waals surface area contributed by atoms with E-state index in [0.717, 1.165) is 55.3 Å². The largest absolute Gasteiger partial charge is 0.456 e. The summed E-state index contributed by atoms with van der Waals surface area (Å²) in [5.41, 5.74) is 8.97. The van der Waals surface area contributed by atoms with Crippen LogP contribution in [-0.2, 0) is 0 Å². The van der Waals surface area contributed by atoms with Gasteiger partial charge in [-0.05, 0) is 57.3 Å². The number of rotatable bonds is 5. The van der Waals surface area contributed by atoms with E-state index < -0.39 is 0 Å². The summed E-state index contributed by atoms with van der Waals surface area (Å²) in [4.78, 5) is 15.1. The molecule has 0 aliphatic rings. The second-order valence-electron chi connectivity index (χ2n) is 11.7. The Labute approximate surface area is 271 Å². The van der Waals surface area contributed by atoms with Crippen LogP contribution in [0.4, 0.5) is 0 Å². The summed E-state index contributed by atoms with van der Waals surface area (Å²) in [5, 5.41) is 4.47. The molecule has 220 valence electrons. The SMILES string of the molecule is c1ccc(-c2ccc3oc4cccc(-c5nc(-c6ccccc6)nc(-c6ccc(-c7ccc8ccccc8c7)cc6)n5)c4c3c2)cc1. The number of nitrogens with zero attached hydrogens (tertiary/aromatic N) is 3. The van der Waals surface area contributed by atoms with Crippen LogP contribution in [0.5, 0.6) is 0 Å². The molecule has 0 atom stereocenters. The second kappa shape index (κ2) is 11.2. The first-order valence-electron chi connectivity index (χ1n) is 15.7. The lowest BCUT2D eigenvalue weighted by molar-refractivity contribution is 0.669. The minimum absolute atomic E-state index is 0.603. The van der Waals surface area contributed by atoms with Crippen molar-refractivity contribution in [3.8, 4) is 56.4 Å². The van der Waals surface area contributed by atoms with E-state index in [9.17, 15) is 0 Å². The first kappa shape index (κ1) is 27.0. The van der Waals surface area contributed by atoms with E-state index in [-0.39, 0.29) is 0 Å². The van der Waals surface area contributed by atoms with Crippen molar-refractivity contribution in [2.75, 3.05) is 0 Å². The lowest BCUT2D eigenvalue weighted by Gasteiger charge is -2.10. The van der Waals surface area contributed by atoms with Crippen LogP contribution < -0.4 is 0 Å². The van der Waals surface area contributed by atoms with Crippen LogP contribution in [0.1, 0.15) is 0 Å². The average Bonchev–Trinajstić information content (AvgIpc) is 3.53. The maximum Gasteiger partial charge on any atom is 0.164 e. The Kier molecular flexibility index (Phi) is 6.43. The van der Waals surface area contributed by atoms with Crippen LogP contribution in [0.3, 0.4) is 0 Å². The van der Waals surface area contributed by atoms with Crippen LogP contribution in [-0.4, -0.2) is 15.0 Å². The molecule has 7 aromatic carbocycles. The predicted molar refractivity (Wildman–Crippen MR) is 192 cm³/mol. The number of hydrogen-bond acceptors (Lipinski definition) is 4. The fourth-order valence-electron chi connectivity index (χ4n) is 6.35. The minimum atomic E-state index is 0.603. The van der Waals surface area contributed by atoms with E-state index in [0.29, 0.717) is 17.5 Å². The molecule has 2 aromatic heterocycles. The molecule has 0 aliphatic carbocycles. The van der Waals surface area contributed by atoms with Gasteiger partial charge in [0, 0.05) is 27.5 Å². The van der Waals surface area contributed by atoms with Gasteiger partial charge in [0.2, 0.25) is 0 Å². The van der Waals surface area contributed by atoms with Gasteiger partial charge in [0.15, 0.2) is 17.5 Å². The Bertz CT molecular complexity index is 2550. The van der Waals surface area contributed by atoms with Crippen molar-refractivity contribution in [1.82, 2.24) is 15.0 Å². The summed E-state index contributed by atoms with van der Waals surface area (Å²) < 4.78 is 6.35. The van der Waals surface area contributed by atoms with Gasteiger partial charge in [-0.15, -0.1) is 0 Å². The number of furan rings is 1. The molecule has 0 aliphatic heterocycles. The fourth-order valence-corrected chi connectivity index (χ4v) is 6.35. The van der Waals surface area contributed by atoms with E-state index in [1.54, 1.807) is 0 Å². The van der Waals surface area contributed by atoms with E-state index in [2.05, 4.69) is 109 Å². The third-order valence-electron chi connectivity index (χ3n) is 8.74. The first-order valence-corrected chi connectivity index (χ1v) is 15.7. The molecule has 0 bridgehead atoms. The van der Waals surface area contributed by atoms with Gasteiger partial charge in [0.25, 0.3) is 0 Å². The Morgan fingerprint density at radius 3 is 1.66 bits per heavy atom. The van der Waals surface area contributed by atoms with Crippen LogP contribution in [0.2, 0.25) is 0 Å². The average molecular weight is 602 g/mol. The molecule has 0 fully saturated rings. The van der Waals surface area contributed by atoms with Gasteiger partial charge in [-0.1, -0.05) is 140 Å². The third-order valence-corrected chi connectivity index (χ3v) is 8.74. The van der Waals surface area contributed by atoms with Crippen molar-refractivity contribution in [2.24, 2.45) is 0 Å². The van der Waals surface area contributed by atoms with Crippen molar-refractivity contribution in [2.45, 2.75) is 0 Å². The molecule has 0 unspecified atom stereocenters. The number of aromatic nitrogens is 3. The third kappa shape index (κ3) is 4.93. The summed E-state index contributed by atoms with van der Waals surface area (Å²) in [6.07, 6.45) is 0. The maximum atomic E-state index is 6.35. The van der Waals surface area contributed by atoms with E-state index >= 15 is 0 Å². The molecule has 9 rings (SSSR count). The van der Waals surface area contributed by atoms with Crippen LogP contribution >= 0.6 is 0 Å². The van der Waals surface area contributed by atoms with Gasteiger partial charge < -0.3 is 4.42 Å². The zero-order valence-corrected chi connectivity index (χ0v) is 25.3.